The van der Waals surface area contributed by atoms with Crippen molar-refractivity contribution in [2.75, 3.05) is 10.6 Å². The standard InChI is InChI=1S/C18H20BrF3N8O2/c1-5-29-15(17(32)26-11-6-23-28(4)9(11)2)12(7-24-29)25-13(31)8-30-10(3)14(19)16(27-30)18(20,21)22/h6-7H,5,8H2,1-4H3,(H,25,31)(H,26,32). The normalized spacial score (nSPS) is 11.6. The first-order valence-corrected chi connectivity index (χ1v) is 10.2. The van der Waals surface area contributed by atoms with Crippen LogP contribution in [0.2, 0.25) is 0 Å². The molecule has 2 amide bonds. The Balaban J connectivity index is 1.81. The van der Waals surface area contributed by atoms with E-state index >= 15 is 0 Å². The van der Waals surface area contributed by atoms with Crippen molar-refractivity contribution in [3.63, 3.8) is 0 Å². The number of aromatic nitrogens is 6. The lowest BCUT2D eigenvalue weighted by atomic mass is 10.3. The van der Waals surface area contributed by atoms with E-state index in [1.54, 1.807) is 25.6 Å². The van der Waals surface area contributed by atoms with E-state index in [1.165, 1.54) is 24.0 Å². The van der Waals surface area contributed by atoms with Crippen LogP contribution in [0.25, 0.3) is 0 Å². The number of amides is 2. The maximum Gasteiger partial charge on any atom is 0.436 e. The lowest BCUT2D eigenvalue weighted by Gasteiger charge is -2.10. The number of rotatable bonds is 6. The minimum atomic E-state index is -4.66. The van der Waals surface area contributed by atoms with Crippen molar-refractivity contribution in [3.8, 4) is 0 Å². The number of hydrogen-bond acceptors (Lipinski definition) is 5. The van der Waals surface area contributed by atoms with E-state index in [9.17, 15) is 22.8 Å². The molecule has 0 aliphatic rings. The summed E-state index contributed by atoms with van der Waals surface area (Å²) in [6, 6.07) is 0. The fourth-order valence-electron chi connectivity index (χ4n) is 2.94. The first kappa shape index (κ1) is 23.5. The summed E-state index contributed by atoms with van der Waals surface area (Å²) in [4.78, 5) is 25.4. The summed E-state index contributed by atoms with van der Waals surface area (Å²) < 4.78 is 42.8. The fourth-order valence-corrected chi connectivity index (χ4v) is 3.45. The van der Waals surface area contributed by atoms with Crippen molar-refractivity contribution in [1.82, 2.24) is 29.3 Å². The Hall–Kier alpha value is -3.16. The molecule has 0 bridgehead atoms. The van der Waals surface area contributed by atoms with E-state index in [2.05, 4.69) is 41.9 Å². The highest BCUT2D eigenvalue weighted by Crippen LogP contribution is 2.35. The molecule has 0 atom stereocenters. The van der Waals surface area contributed by atoms with Crippen LogP contribution in [0.15, 0.2) is 16.9 Å². The van der Waals surface area contributed by atoms with Gasteiger partial charge in [-0.25, -0.2) is 0 Å². The van der Waals surface area contributed by atoms with Crippen LogP contribution in [0, 0.1) is 13.8 Å². The molecule has 14 heteroatoms. The van der Waals surface area contributed by atoms with E-state index in [0.29, 0.717) is 12.2 Å². The molecule has 3 aromatic rings. The van der Waals surface area contributed by atoms with Crippen LogP contribution in [-0.2, 0) is 31.1 Å². The Labute approximate surface area is 188 Å². The molecular weight excluding hydrogens is 497 g/mol. The van der Waals surface area contributed by atoms with E-state index in [-0.39, 0.29) is 21.5 Å². The molecule has 3 heterocycles. The van der Waals surface area contributed by atoms with Gasteiger partial charge in [-0.15, -0.1) is 0 Å². The van der Waals surface area contributed by atoms with Gasteiger partial charge in [0.25, 0.3) is 5.91 Å². The van der Waals surface area contributed by atoms with Crippen LogP contribution >= 0.6 is 15.9 Å². The minimum absolute atomic E-state index is 0.0958. The second-order valence-electron chi connectivity index (χ2n) is 6.90. The Bertz CT molecular complexity index is 1180. The van der Waals surface area contributed by atoms with Gasteiger partial charge in [-0.05, 0) is 36.7 Å². The zero-order chi connectivity index (χ0) is 23.8. The van der Waals surface area contributed by atoms with Crippen molar-refractivity contribution in [2.45, 2.75) is 40.0 Å². The van der Waals surface area contributed by atoms with E-state index in [0.717, 1.165) is 10.4 Å². The van der Waals surface area contributed by atoms with Gasteiger partial charge < -0.3 is 10.6 Å². The Morgan fingerprint density at radius 3 is 2.25 bits per heavy atom. The highest BCUT2D eigenvalue weighted by atomic mass is 79.9. The minimum Gasteiger partial charge on any atom is -0.321 e. The van der Waals surface area contributed by atoms with E-state index in [1.807, 2.05) is 0 Å². The van der Waals surface area contributed by atoms with Crippen LogP contribution < -0.4 is 10.6 Å². The Morgan fingerprint density at radius 1 is 1.06 bits per heavy atom. The number of nitrogens with one attached hydrogen (secondary N) is 2. The third-order valence-corrected chi connectivity index (χ3v) is 5.76. The first-order valence-electron chi connectivity index (χ1n) is 9.39. The summed E-state index contributed by atoms with van der Waals surface area (Å²) in [5, 5.41) is 16.9. The molecule has 172 valence electrons. The number of aryl methyl sites for hydroxylation is 2. The van der Waals surface area contributed by atoms with Crippen LogP contribution in [0.1, 0.15) is 34.5 Å². The van der Waals surface area contributed by atoms with Gasteiger partial charge in [0.15, 0.2) is 5.69 Å². The third kappa shape index (κ3) is 4.54. The SMILES string of the molecule is CCn1ncc(NC(=O)Cn2nc(C(F)(F)F)c(Br)c2C)c1C(=O)Nc1cnn(C)c1C. The molecule has 0 aliphatic heterocycles. The second kappa shape index (κ2) is 8.76. The van der Waals surface area contributed by atoms with Gasteiger partial charge in [0.1, 0.15) is 12.2 Å². The Morgan fingerprint density at radius 2 is 1.72 bits per heavy atom. The molecule has 3 rings (SSSR count). The summed E-state index contributed by atoms with van der Waals surface area (Å²) in [7, 11) is 1.73. The lowest BCUT2D eigenvalue weighted by molar-refractivity contribution is -0.142. The predicted molar refractivity (Wildman–Crippen MR) is 112 cm³/mol. The van der Waals surface area contributed by atoms with E-state index < -0.39 is 30.2 Å². The van der Waals surface area contributed by atoms with Gasteiger partial charge in [-0.2, -0.15) is 28.5 Å². The Kier molecular flexibility index (Phi) is 6.44. The van der Waals surface area contributed by atoms with Crippen molar-refractivity contribution in [1.29, 1.82) is 0 Å². The van der Waals surface area contributed by atoms with Crippen LogP contribution in [-0.4, -0.2) is 41.2 Å². The molecule has 32 heavy (non-hydrogen) atoms. The molecule has 0 saturated carbocycles. The highest BCUT2D eigenvalue weighted by Gasteiger charge is 2.38. The molecule has 0 spiro atoms. The maximum atomic E-state index is 13.1. The average Bonchev–Trinajstić information content (AvgIpc) is 3.35. The smallest absolute Gasteiger partial charge is 0.321 e. The highest BCUT2D eigenvalue weighted by molar-refractivity contribution is 9.10. The number of anilines is 2. The summed E-state index contributed by atoms with van der Waals surface area (Å²) in [5.41, 5.74) is 0.464. The summed E-state index contributed by atoms with van der Waals surface area (Å²) in [6.45, 7) is 4.82. The van der Waals surface area contributed by atoms with Gasteiger partial charge in [-0.1, -0.05) is 0 Å². The lowest BCUT2D eigenvalue weighted by Crippen LogP contribution is -2.24. The van der Waals surface area contributed by atoms with Crippen LogP contribution in [0.5, 0.6) is 0 Å². The van der Waals surface area contributed by atoms with Gasteiger partial charge >= 0.3 is 6.18 Å². The quantitative estimate of drug-likeness (QED) is 0.522. The average molecular weight is 517 g/mol. The summed E-state index contributed by atoms with van der Waals surface area (Å²) in [5.74, 6) is -1.19. The number of alkyl halides is 3. The third-order valence-electron chi connectivity index (χ3n) is 4.81. The molecule has 0 fully saturated rings. The van der Waals surface area contributed by atoms with Crippen molar-refractivity contribution in [2.24, 2.45) is 7.05 Å². The number of halogens is 4. The largest absolute Gasteiger partial charge is 0.436 e. The van der Waals surface area contributed by atoms with Crippen molar-refractivity contribution in [3.05, 3.63) is 39.6 Å². The molecule has 0 radical (unpaired) electrons. The summed E-state index contributed by atoms with van der Waals surface area (Å²) >= 11 is 2.87. The predicted octanol–water partition coefficient (Wildman–Crippen LogP) is 3.12. The number of nitrogens with zero attached hydrogens (tertiary/aromatic N) is 6. The molecular formula is C18H20BrF3N8O2. The van der Waals surface area contributed by atoms with Gasteiger partial charge in [0.2, 0.25) is 5.91 Å². The van der Waals surface area contributed by atoms with Crippen LogP contribution in [0.4, 0.5) is 24.5 Å². The van der Waals surface area contributed by atoms with Crippen molar-refractivity contribution < 1.29 is 22.8 Å². The molecule has 0 aromatic carbocycles. The molecule has 2 N–H and O–H groups in total. The monoisotopic (exact) mass is 516 g/mol. The molecule has 0 aliphatic carbocycles. The maximum absolute atomic E-state index is 13.1. The van der Waals surface area contributed by atoms with Gasteiger partial charge in [0.05, 0.1) is 39.6 Å². The molecule has 10 nitrogen and oxygen atoms in total. The summed E-state index contributed by atoms with van der Waals surface area (Å²) in [6.07, 6.45) is -1.86. The van der Waals surface area contributed by atoms with Crippen molar-refractivity contribution >= 4 is 39.1 Å². The number of carbonyl (C=O) groups excluding carboxylic acids is 2. The molecule has 0 unspecified atom stereocenters. The zero-order valence-corrected chi connectivity index (χ0v) is 19.2. The fraction of sp³-hybridized carbons (Fsp3) is 0.389. The topological polar surface area (TPSA) is 112 Å². The van der Waals surface area contributed by atoms with Gasteiger partial charge in [-0.3, -0.25) is 23.6 Å². The molecule has 3 aromatic heterocycles. The second-order valence-corrected chi connectivity index (χ2v) is 7.69. The molecule has 0 saturated heterocycles. The number of hydrogen-bond donors (Lipinski definition) is 2. The zero-order valence-electron chi connectivity index (χ0n) is 17.6. The number of carbonyl (C=O) groups is 2. The van der Waals surface area contributed by atoms with E-state index in [4.69, 9.17) is 0 Å². The van der Waals surface area contributed by atoms with Gasteiger partial charge in [0, 0.05) is 13.6 Å². The first-order chi connectivity index (χ1) is 14.9. The van der Waals surface area contributed by atoms with Crippen LogP contribution in [0.3, 0.4) is 0 Å².